The van der Waals surface area contributed by atoms with Gasteiger partial charge in [-0.1, -0.05) is 35.3 Å². The maximum atomic E-state index is 14.4. The van der Waals surface area contributed by atoms with Gasteiger partial charge in [-0.25, -0.2) is 8.79 Å². The summed E-state index contributed by atoms with van der Waals surface area (Å²) in [4.78, 5) is 12.5. The Morgan fingerprint density at radius 3 is 2.47 bits per heavy atom. The van der Waals surface area contributed by atoms with Crippen LogP contribution in [0.15, 0.2) is 34.7 Å². The minimum atomic E-state index is -4.74. The van der Waals surface area contributed by atoms with Crippen LogP contribution in [0.5, 0.6) is 0 Å². The zero-order valence-electron chi connectivity index (χ0n) is 17.5. The first kappa shape index (κ1) is 23.9. The Morgan fingerprint density at radius 1 is 1.24 bits per heavy atom. The van der Waals surface area contributed by atoms with Gasteiger partial charge in [0, 0.05) is 26.6 Å². The van der Waals surface area contributed by atoms with Crippen LogP contribution in [0.1, 0.15) is 34.8 Å². The molecule has 34 heavy (non-hydrogen) atoms. The van der Waals surface area contributed by atoms with Crippen molar-refractivity contribution in [1.82, 2.24) is 10.6 Å². The van der Waals surface area contributed by atoms with Crippen LogP contribution >= 0.6 is 35.1 Å². The molecule has 180 valence electrons. The fraction of sp³-hybridized carbons (Fsp3) is 0.364. The van der Waals surface area contributed by atoms with E-state index in [4.69, 9.17) is 27.9 Å². The number of rotatable bonds is 3. The van der Waals surface area contributed by atoms with E-state index in [2.05, 4.69) is 15.0 Å². The van der Waals surface area contributed by atoms with E-state index < -0.39 is 44.9 Å². The van der Waals surface area contributed by atoms with Crippen molar-refractivity contribution in [3.8, 4) is 0 Å². The van der Waals surface area contributed by atoms with Crippen molar-refractivity contribution in [3.63, 3.8) is 0 Å². The zero-order chi connectivity index (χ0) is 24.5. The van der Waals surface area contributed by atoms with Gasteiger partial charge >= 0.3 is 6.18 Å². The number of likely N-dealkylation sites (N-methyl/N-ethyl adjacent to an activating group) is 1. The molecule has 5 nitrogen and oxygen atoms in total. The van der Waals surface area contributed by atoms with Gasteiger partial charge in [-0.2, -0.15) is 13.2 Å². The van der Waals surface area contributed by atoms with Crippen molar-refractivity contribution >= 4 is 46.8 Å². The molecule has 2 aromatic rings. The molecule has 0 bridgehead atoms. The third-order valence-electron chi connectivity index (χ3n) is 6.44. The van der Waals surface area contributed by atoms with Gasteiger partial charge in [0.1, 0.15) is 5.60 Å². The SMILES string of the molecule is CNC(=O)C1OC2(CNC2)c2ccc(C3=NSC(c4cc(Cl)c(F)c(Cl)c4)(C(F)(F)F)C3)cc21. The average Bonchev–Trinajstić information content (AvgIpc) is 3.37. The zero-order valence-corrected chi connectivity index (χ0v) is 19.9. The van der Waals surface area contributed by atoms with Gasteiger partial charge in [-0.05, 0) is 52.4 Å². The van der Waals surface area contributed by atoms with Crippen molar-refractivity contribution in [2.24, 2.45) is 4.40 Å². The van der Waals surface area contributed by atoms with E-state index in [0.717, 1.165) is 17.7 Å². The summed E-state index contributed by atoms with van der Waals surface area (Å²) in [6.07, 6.45) is -6.13. The Labute approximate surface area is 206 Å². The third-order valence-corrected chi connectivity index (χ3v) is 8.23. The van der Waals surface area contributed by atoms with Crippen molar-refractivity contribution in [1.29, 1.82) is 0 Å². The van der Waals surface area contributed by atoms with E-state index in [-0.39, 0.29) is 17.2 Å². The summed E-state index contributed by atoms with van der Waals surface area (Å²) in [7, 11) is 1.49. The highest BCUT2D eigenvalue weighted by molar-refractivity contribution is 7.99. The van der Waals surface area contributed by atoms with Crippen LogP contribution in [0.2, 0.25) is 10.0 Å². The number of carbonyl (C=O) groups excluding carboxylic acids is 1. The smallest absolute Gasteiger partial charge is 0.357 e. The van der Waals surface area contributed by atoms with Gasteiger partial charge < -0.3 is 15.4 Å². The Balaban J connectivity index is 1.54. The molecule has 2 aromatic carbocycles. The highest BCUT2D eigenvalue weighted by Gasteiger charge is 2.60. The summed E-state index contributed by atoms with van der Waals surface area (Å²) < 4.78 is 64.8. The van der Waals surface area contributed by atoms with Crippen molar-refractivity contribution in [3.05, 3.63) is 68.4 Å². The highest BCUT2D eigenvalue weighted by atomic mass is 35.5. The predicted octanol–water partition coefficient (Wildman–Crippen LogP) is 5.05. The summed E-state index contributed by atoms with van der Waals surface area (Å²) >= 11 is 11.9. The molecule has 1 saturated heterocycles. The molecule has 2 unspecified atom stereocenters. The lowest BCUT2D eigenvalue weighted by Gasteiger charge is -2.39. The maximum Gasteiger partial charge on any atom is 0.409 e. The summed E-state index contributed by atoms with van der Waals surface area (Å²) in [5.41, 5.74) is 1.14. The molecule has 1 spiro atoms. The molecule has 2 N–H and O–H groups in total. The van der Waals surface area contributed by atoms with Crippen LogP contribution in [-0.4, -0.2) is 37.9 Å². The van der Waals surface area contributed by atoms with Crippen molar-refractivity contribution in [2.75, 3.05) is 20.1 Å². The van der Waals surface area contributed by atoms with E-state index in [0.29, 0.717) is 36.2 Å². The molecule has 12 heteroatoms. The van der Waals surface area contributed by atoms with Crippen LogP contribution in [0.25, 0.3) is 0 Å². The predicted molar refractivity (Wildman–Crippen MR) is 122 cm³/mol. The number of hydrogen-bond acceptors (Lipinski definition) is 5. The second-order valence-electron chi connectivity index (χ2n) is 8.40. The average molecular weight is 534 g/mol. The standard InChI is InChI=1S/C22H17Cl2F4N3O2S/c1-29-19(32)18-12-4-10(2-3-13(12)20(33-18)8-30-9-20)16-7-21(34-31-16,22(26,27)28)11-5-14(23)17(25)15(24)6-11/h2-6,18,30H,7-9H2,1H3,(H,29,32). The first-order valence-corrected chi connectivity index (χ1v) is 11.8. The number of nitrogens with zero attached hydrogens (tertiary/aromatic N) is 1. The number of fused-ring (bicyclic) bond motifs is 2. The molecule has 2 atom stereocenters. The van der Waals surface area contributed by atoms with Gasteiger partial charge in [0.15, 0.2) is 16.7 Å². The van der Waals surface area contributed by atoms with Crippen molar-refractivity contribution < 1.29 is 27.1 Å². The molecule has 3 heterocycles. The topological polar surface area (TPSA) is 62.7 Å². The van der Waals surface area contributed by atoms with E-state index in [1.54, 1.807) is 18.2 Å². The molecular formula is C22H17Cl2F4N3O2S. The van der Waals surface area contributed by atoms with E-state index in [1.165, 1.54) is 7.05 Å². The fourth-order valence-corrected chi connectivity index (χ4v) is 5.98. The Bertz CT molecular complexity index is 1210. The quantitative estimate of drug-likeness (QED) is 0.329. The van der Waals surface area contributed by atoms with Crippen LogP contribution < -0.4 is 10.6 Å². The third kappa shape index (κ3) is 3.45. The number of amides is 1. The van der Waals surface area contributed by atoms with E-state index in [1.807, 2.05) is 0 Å². The lowest BCUT2D eigenvalue weighted by atomic mass is 9.84. The van der Waals surface area contributed by atoms with Crippen molar-refractivity contribution in [2.45, 2.75) is 29.0 Å². The molecule has 0 aliphatic carbocycles. The Morgan fingerprint density at radius 2 is 1.91 bits per heavy atom. The van der Waals surface area contributed by atoms with Gasteiger partial charge in [0.05, 0.1) is 15.8 Å². The molecule has 0 radical (unpaired) electrons. The summed E-state index contributed by atoms with van der Waals surface area (Å²) in [6, 6.07) is 7.00. The molecule has 1 amide bonds. The first-order valence-electron chi connectivity index (χ1n) is 10.2. The molecule has 3 aliphatic heterocycles. The van der Waals surface area contributed by atoms with Crippen LogP contribution in [-0.2, 0) is 19.9 Å². The van der Waals surface area contributed by atoms with E-state index in [9.17, 15) is 22.4 Å². The minimum absolute atomic E-state index is 0.185. The minimum Gasteiger partial charge on any atom is -0.357 e. The molecule has 3 aliphatic rings. The summed E-state index contributed by atoms with van der Waals surface area (Å²) in [6.45, 7) is 1.07. The second-order valence-corrected chi connectivity index (χ2v) is 10.3. The second kappa shape index (κ2) is 8.09. The lowest BCUT2D eigenvalue weighted by molar-refractivity contribution is -0.159. The number of halogens is 6. The van der Waals surface area contributed by atoms with Gasteiger partial charge in [-0.15, -0.1) is 0 Å². The molecule has 0 saturated carbocycles. The fourth-order valence-electron chi connectivity index (χ4n) is 4.53. The normalized spacial score (nSPS) is 25.1. The number of ether oxygens (including phenoxy) is 1. The van der Waals surface area contributed by atoms with Gasteiger partial charge in [0.2, 0.25) is 0 Å². The van der Waals surface area contributed by atoms with Gasteiger partial charge in [-0.3, -0.25) is 4.79 Å². The highest BCUT2D eigenvalue weighted by Crippen LogP contribution is 2.57. The largest absolute Gasteiger partial charge is 0.409 e. The summed E-state index contributed by atoms with van der Waals surface area (Å²) in [5.74, 6) is -1.32. The maximum absolute atomic E-state index is 14.4. The monoisotopic (exact) mass is 533 g/mol. The van der Waals surface area contributed by atoms with Gasteiger partial charge in [0.25, 0.3) is 5.91 Å². The van der Waals surface area contributed by atoms with E-state index >= 15 is 0 Å². The van der Waals surface area contributed by atoms with Crippen LogP contribution in [0.3, 0.4) is 0 Å². The Kier molecular flexibility index (Phi) is 5.68. The number of carbonyl (C=O) groups is 1. The molecule has 5 rings (SSSR count). The van der Waals surface area contributed by atoms with Crippen LogP contribution in [0, 0.1) is 5.82 Å². The first-order chi connectivity index (χ1) is 16.0. The molecule has 0 aromatic heterocycles. The number of nitrogens with one attached hydrogen (secondary N) is 2. The number of hydrogen-bond donors (Lipinski definition) is 2. The lowest BCUT2D eigenvalue weighted by Crippen LogP contribution is -2.57. The number of benzene rings is 2. The van der Waals surface area contributed by atoms with Crippen LogP contribution in [0.4, 0.5) is 17.6 Å². The summed E-state index contributed by atoms with van der Waals surface area (Å²) in [5, 5.41) is 4.71. The molecular weight excluding hydrogens is 517 g/mol. The Hall–Kier alpha value is -1.85. The molecule has 1 fully saturated rings. The number of alkyl halides is 3.